The number of anilines is 1. The molecule has 8 nitrogen and oxygen atoms in total. The van der Waals surface area contributed by atoms with Gasteiger partial charge in [0.15, 0.2) is 0 Å². The first-order valence-corrected chi connectivity index (χ1v) is 11.0. The van der Waals surface area contributed by atoms with Gasteiger partial charge in [-0.05, 0) is 24.3 Å². The van der Waals surface area contributed by atoms with Crippen LogP contribution < -0.4 is 4.31 Å². The lowest BCUT2D eigenvalue weighted by Crippen LogP contribution is -2.30. The maximum Gasteiger partial charge on any atom is 0.254 e. The van der Waals surface area contributed by atoms with Gasteiger partial charge >= 0.3 is 0 Å². The minimum absolute atomic E-state index is 0.145. The molecule has 0 spiro atoms. The minimum Gasteiger partial charge on any atom is -0.337 e. The first-order valence-electron chi connectivity index (χ1n) is 9.11. The molecule has 156 valence electrons. The summed E-state index contributed by atoms with van der Waals surface area (Å²) in [6.45, 7) is 3.87. The Morgan fingerprint density at radius 1 is 1.13 bits per heavy atom. The number of hydrogen-bond donors (Lipinski definition) is 0. The molecule has 0 aliphatic rings. The number of carbonyl (C=O) groups is 1. The van der Waals surface area contributed by atoms with Crippen molar-refractivity contribution in [1.29, 1.82) is 0 Å². The Hall–Kier alpha value is -3.46. The molecule has 0 N–H and O–H groups in total. The number of amides is 1. The molecular weight excluding hydrogens is 404 g/mol. The fourth-order valence-electron chi connectivity index (χ4n) is 2.84. The Labute approximate surface area is 175 Å². The number of carbonyl (C=O) groups excluding carboxylic acids is 1. The molecule has 0 atom stereocenters. The van der Waals surface area contributed by atoms with Gasteiger partial charge in [-0.3, -0.25) is 9.10 Å². The van der Waals surface area contributed by atoms with Crippen molar-refractivity contribution in [3.05, 3.63) is 78.7 Å². The zero-order chi connectivity index (χ0) is 21.7. The molecule has 3 aromatic rings. The molecule has 2 aromatic carbocycles. The molecule has 0 saturated carbocycles. The fraction of sp³-hybridized carbons (Fsp3) is 0.190. The molecule has 9 heteroatoms. The van der Waals surface area contributed by atoms with E-state index in [4.69, 9.17) is 4.52 Å². The standard InChI is InChI=1S/C21H22N4O4S/c1-4-14-25(30(3,27)28)18-12-10-17(11-13-18)21(26)24(2)15-19-22-20(23-29-19)16-8-6-5-7-9-16/h4-13H,1,14-15H2,2-3H3. The Bertz CT molecular complexity index is 1130. The maximum absolute atomic E-state index is 12.7. The van der Waals surface area contributed by atoms with Crippen LogP contribution in [0.1, 0.15) is 16.2 Å². The number of benzene rings is 2. The van der Waals surface area contributed by atoms with E-state index in [1.807, 2.05) is 30.3 Å². The zero-order valence-corrected chi connectivity index (χ0v) is 17.5. The summed E-state index contributed by atoms with van der Waals surface area (Å²) in [5.41, 5.74) is 1.70. The topological polar surface area (TPSA) is 96.6 Å². The van der Waals surface area contributed by atoms with E-state index in [9.17, 15) is 13.2 Å². The van der Waals surface area contributed by atoms with Crippen molar-refractivity contribution in [2.75, 3.05) is 24.2 Å². The van der Waals surface area contributed by atoms with Gasteiger partial charge in [-0.2, -0.15) is 4.98 Å². The molecule has 0 radical (unpaired) electrons. The van der Waals surface area contributed by atoms with Gasteiger partial charge in [-0.1, -0.05) is 41.6 Å². The summed E-state index contributed by atoms with van der Waals surface area (Å²) in [5, 5.41) is 3.95. The lowest BCUT2D eigenvalue weighted by atomic mass is 10.2. The van der Waals surface area contributed by atoms with Crippen molar-refractivity contribution in [2.45, 2.75) is 6.54 Å². The maximum atomic E-state index is 12.7. The summed E-state index contributed by atoms with van der Waals surface area (Å²) in [4.78, 5) is 18.5. The van der Waals surface area contributed by atoms with Gasteiger partial charge < -0.3 is 9.42 Å². The Morgan fingerprint density at radius 3 is 2.40 bits per heavy atom. The van der Waals surface area contributed by atoms with Crippen molar-refractivity contribution >= 4 is 21.6 Å². The van der Waals surface area contributed by atoms with Crippen LogP contribution in [0.5, 0.6) is 0 Å². The lowest BCUT2D eigenvalue weighted by Gasteiger charge is -2.21. The van der Waals surface area contributed by atoms with Crippen molar-refractivity contribution in [3.63, 3.8) is 0 Å². The SMILES string of the molecule is C=CCN(c1ccc(C(=O)N(C)Cc2nc(-c3ccccc3)no2)cc1)S(C)(=O)=O. The van der Waals surface area contributed by atoms with Crippen LogP contribution in [-0.4, -0.2) is 49.2 Å². The Morgan fingerprint density at radius 2 is 1.80 bits per heavy atom. The molecular formula is C21H22N4O4S. The van der Waals surface area contributed by atoms with Gasteiger partial charge in [-0.15, -0.1) is 6.58 Å². The third-order valence-corrected chi connectivity index (χ3v) is 5.48. The van der Waals surface area contributed by atoms with Gasteiger partial charge in [0.05, 0.1) is 25.0 Å². The molecule has 1 heterocycles. The van der Waals surface area contributed by atoms with Gasteiger partial charge in [0, 0.05) is 18.2 Å². The number of aromatic nitrogens is 2. The third kappa shape index (κ3) is 4.93. The largest absolute Gasteiger partial charge is 0.337 e. The third-order valence-electron chi connectivity index (χ3n) is 4.32. The van der Waals surface area contributed by atoms with Crippen LogP contribution in [0.3, 0.4) is 0 Å². The van der Waals surface area contributed by atoms with Crippen LogP contribution in [0, 0.1) is 0 Å². The van der Waals surface area contributed by atoms with E-state index in [1.165, 1.54) is 15.3 Å². The molecule has 0 aliphatic carbocycles. The number of sulfonamides is 1. The highest BCUT2D eigenvalue weighted by Crippen LogP contribution is 2.20. The predicted octanol–water partition coefficient (Wildman–Crippen LogP) is 2.96. The quantitative estimate of drug-likeness (QED) is 0.514. The molecule has 0 bridgehead atoms. The summed E-state index contributed by atoms with van der Waals surface area (Å²) in [6, 6.07) is 15.7. The van der Waals surface area contributed by atoms with Gasteiger partial charge in [0.1, 0.15) is 0 Å². The van der Waals surface area contributed by atoms with Gasteiger partial charge in [0.2, 0.25) is 21.7 Å². The van der Waals surface area contributed by atoms with Crippen molar-refractivity contribution in [1.82, 2.24) is 15.0 Å². The average molecular weight is 426 g/mol. The number of hydrogen-bond acceptors (Lipinski definition) is 6. The highest BCUT2D eigenvalue weighted by molar-refractivity contribution is 7.92. The summed E-state index contributed by atoms with van der Waals surface area (Å²) in [6.07, 6.45) is 2.62. The van der Waals surface area contributed by atoms with E-state index < -0.39 is 10.0 Å². The molecule has 0 unspecified atom stereocenters. The van der Waals surface area contributed by atoms with Crippen LogP contribution in [0.2, 0.25) is 0 Å². The van der Waals surface area contributed by atoms with Gasteiger partial charge in [0.25, 0.3) is 5.91 Å². The fourth-order valence-corrected chi connectivity index (χ4v) is 3.72. The second-order valence-corrected chi connectivity index (χ2v) is 8.58. The minimum atomic E-state index is -3.45. The number of rotatable bonds is 8. The number of nitrogens with zero attached hydrogens (tertiary/aromatic N) is 4. The Balaban J connectivity index is 1.70. The van der Waals surface area contributed by atoms with Crippen LogP contribution in [0.4, 0.5) is 5.69 Å². The van der Waals surface area contributed by atoms with E-state index in [1.54, 1.807) is 31.3 Å². The molecule has 0 saturated heterocycles. The van der Waals surface area contributed by atoms with Crippen LogP contribution in [0.15, 0.2) is 71.8 Å². The first kappa shape index (κ1) is 21.3. The Kier molecular flexibility index (Phi) is 6.31. The van der Waals surface area contributed by atoms with Gasteiger partial charge in [-0.25, -0.2) is 8.42 Å². The second kappa shape index (κ2) is 8.91. The van der Waals surface area contributed by atoms with E-state index in [0.29, 0.717) is 23.0 Å². The second-order valence-electron chi connectivity index (χ2n) is 6.67. The molecule has 1 amide bonds. The highest BCUT2D eigenvalue weighted by Gasteiger charge is 2.19. The summed E-state index contributed by atoms with van der Waals surface area (Å²) in [5.74, 6) is 0.519. The molecule has 3 rings (SSSR count). The van der Waals surface area contributed by atoms with Crippen molar-refractivity contribution in [2.24, 2.45) is 0 Å². The van der Waals surface area contributed by atoms with Crippen molar-refractivity contribution in [3.8, 4) is 11.4 Å². The molecule has 1 aromatic heterocycles. The van der Waals surface area contributed by atoms with Crippen LogP contribution in [-0.2, 0) is 16.6 Å². The van der Waals surface area contributed by atoms with Crippen LogP contribution >= 0.6 is 0 Å². The molecule has 0 fully saturated rings. The molecule has 30 heavy (non-hydrogen) atoms. The predicted molar refractivity (Wildman–Crippen MR) is 114 cm³/mol. The van der Waals surface area contributed by atoms with E-state index >= 15 is 0 Å². The molecule has 0 aliphatic heterocycles. The van der Waals surface area contributed by atoms with E-state index in [0.717, 1.165) is 11.8 Å². The monoisotopic (exact) mass is 426 g/mol. The normalized spacial score (nSPS) is 11.1. The summed E-state index contributed by atoms with van der Waals surface area (Å²) < 4.78 is 30.3. The van der Waals surface area contributed by atoms with Crippen LogP contribution in [0.25, 0.3) is 11.4 Å². The van der Waals surface area contributed by atoms with E-state index in [-0.39, 0.29) is 19.0 Å². The van der Waals surface area contributed by atoms with E-state index in [2.05, 4.69) is 16.7 Å². The summed E-state index contributed by atoms with van der Waals surface area (Å²) in [7, 11) is -1.82. The first-order chi connectivity index (χ1) is 14.3. The highest BCUT2D eigenvalue weighted by atomic mass is 32.2. The summed E-state index contributed by atoms with van der Waals surface area (Å²) >= 11 is 0. The smallest absolute Gasteiger partial charge is 0.254 e. The average Bonchev–Trinajstić information content (AvgIpc) is 3.20. The zero-order valence-electron chi connectivity index (χ0n) is 16.7. The van der Waals surface area contributed by atoms with Crippen molar-refractivity contribution < 1.29 is 17.7 Å². The lowest BCUT2D eigenvalue weighted by molar-refractivity contribution is 0.0769.